The molecule has 1 aliphatic rings. The Morgan fingerprint density at radius 3 is 2.43 bits per heavy atom. The average molecular weight is 424 g/mol. The van der Waals surface area contributed by atoms with Crippen molar-refractivity contribution in [1.29, 1.82) is 0 Å². The fraction of sp³-hybridized carbons (Fsp3) is 0.545. The highest BCUT2D eigenvalue weighted by Gasteiger charge is 2.42. The maximum atomic E-state index is 13.1. The zero-order valence-electron chi connectivity index (χ0n) is 17.7. The minimum absolute atomic E-state index is 0.0722. The van der Waals surface area contributed by atoms with Gasteiger partial charge in [0.05, 0.1) is 7.11 Å². The van der Waals surface area contributed by atoms with Crippen LogP contribution in [0.4, 0.5) is 8.78 Å². The Morgan fingerprint density at radius 2 is 1.87 bits per heavy atom. The second kappa shape index (κ2) is 10.9. The van der Waals surface area contributed by atoms with Crippen molar-refractivity contribution in [3.63, 3.8) is 0 Å². The van der Waals surface area contributed by atoms with Gasteiger partial charge in [-0.05, 0) is 38.8 Å². The predicted octanol–water partition coefficient (Wildman–Crippen LogP) is 4.00. The lowest BCUT2D eigenvalue weighted by atomic mass is 9.80. The van der Waals surface area contributed by atoms with Crippen LogP contribution < -0.4 is 14.8 Å². The Hall–Kier alpha value is -2.64. The molecule has 0 aliphatic heterocycles. The molecule has 0 bridgehead atoms. The van der Waals surface area contributed by atoms with Crippen LogP contribution in [0.25, 0.3) is 6.08 Å². The van der Waals surface area contributed by atoms with Gasteiger partial charge in [-0.25, -0.2) is 0 Å². The third kappa shape index (κ3) is 5.70. The van der Waals surface area contributed by atoms with E-state index >= 15 is 0 Å². The molecule has 0 aromatic heterocycles. The molecule has 0 unspecified atom stereocenters. The summed E-state index contributed by atoms with van der Waals surface area (Å²) in [5.74, 6) is -0.538. The molecule has 1 saturated carbocycles. The van der Waals surface area contributed by atoms with E-state index in [9.17, 15) is 18.4 Å². The summed E-state index contributed by atoms with van der Waals surface area (Å²) < 4.78 is 35.2. The van der Waals surface area contributed by atoms with Crippen molar-refractivity contribution in [2.24, 2.45) is 0 Å². The smallest absolute Gasteiger partial charge is 0.387 e. The van der Waals surface area contributed by atoms with Gasteiger partial charge in [0.2, 0.25) is 11.8 Å². The Balaban J connectivity index is 2.24. The summed E-state index contributed by atoms with van der Waals surface area (Å²) in [5.41, 5.74) is -0.653. The molecule has 0 atom stereocenters. The van der Waals surface area contributed by atoms with E-state index in [1.165, 1.54) is 25.3 Å². The maximum absolute atomic E-state index is 13.1. The highest BCUT2D eigenvalue weighted by atomic mass is 19.3. The quantitative estimate of drug-likeness (QED) is 0.609. The molecule has 8 heteroatoms. The number of carbonyl (C=O) groups excluding carboxylic acids is 2. The number of amides is 2. The van der Waals surface area contributed by atoms with E-state index < -0.39 is 18.1 Å². The minimum Gasteiger partial charge on any atom is -0.493 e. The predicted molar refractivity (Wildman–Crippen MR) is 111 cm³/mol. The number of hydrogen-bond acceptors (Lipinski definition) is 4. The molecular formula is C22H30F2N2O4. The van der Waals surface area contributed by atoms with Crippen LogP contribution in [0.1, 0.15) is 51.5 Å². The largest absolute Gasteiger partial charge is 0.493 e. The van der Waals surface area contributed by atoms with Gasteiger partial charge in [-0.3, -0.25) is 9.59 Å². The van der Waals surface area contributed by atoms with Crippen LogP contribution in [-0.4, -0.2) is 49.1 Å². The molecule has 30 heavy (non-hydrogen) atoms. The molecule has 0 radical (unpaired) electrons. The molecule has 0 saturated heterocycles. The first-order valence-corrected chi connectivity index (χ1v) is 10.3. The molecule has 1 aliphatic carbocycles. The van der Waals surface area contributed by atoms with E-state index in [1.54, 1.807) is 17.0 Å². The van der Waals surface area contributed by atoms with Crippen LogP contribution in [0.15, 0.2) is 24.3 Å². The number of carbonyl (C=O) groups is 2. The van der Waals surface area contributed by atoms with E-state index in [-0.39, 0.29) is 23.0 Å². The van der Waals surface area contributed by atoms with Crippen LogP contribution in [0.5, 0.6) is 11.5 Å². The molecule has 0 spiro atoms. The van der Waals surface area contributed by atoms with Crippen molar-refractivity contribution >= 4 is 17.9 Å². The van der Waals surface area contributed by atoms with Gasteiger partial charge < -0.3 is 19.7 Å². The van der Waals surface area contributed by atoms with Crippen molar-refractivity contribution < 1.29 is 27.8 Å². The molecule has 1 fully saturated rings. The van der Waals surface area contributed by atoms with Gasteiger partial charge in [0.15, 0.2) is 11.5 Å². The molecule has 2 amide bonds. The van der Waals surface area contributed by atoms with Gasteiger partial charge in [-0.1, -0.05) is 31.4 Å². The topological polar surface area (TPSA) is 67.9 Å². The average Bonchev–Trinajstić information content (AvgIpc) is 2.74. The van der Waals surface area contributed by atoms with E-state index in [0.29, 0.717) is 25.9 Å². The number of alkyl halides is 2. The number of likely N-dealkylation sites (N-methyl/N-ethyl adjacent to an activating group) is 1. The van der Waals surface area contributed by atoms with Gasteiger partial charge in [0.1, 0.15) is 5.54 Å². The number of benzene rings is 1. The summed E-state index contributed by atoms with van der Waals surface area (Å²) in [6.45, 7) is 1.93. The standard InChI is InChI=1S/C22H30F2N2O4/c1-4-26(5-2)20(28)22(14-7-6-8-15-22)25-18(27)13-12-16-10-9-11-17(29-3)19(16)30-21(23)24/h9-13,21H,4-8,14-15H2,1-3H3,(H,25,27). The van der Waals surface area contributed by atoms with Gasteiger partial charge in [-0.2, -0.15) is 8.78 Å². The Labute approximate surface area is 176 Å². The van der Waals surface area contributed by atoms with Crippen molar-refractivity contribution in [3.8, 4) is 11.5 Å². The highest BCUT2D eigenvalue weighted by Crippen LogP contribution is 2.34. The monoisotopic (exact) mass is 424 g/mol. The fourth-order valence-electron chi connectivity index (χ4n) is 3.84. The number of ether oxygens (including phenoxy) is 2. The van der Waals surface area contributed by atoms with Gasteiger partial charge in [0, 0.05) is 24.7 Å². The number of halogens is 2. The van der Waals surface area contributed by atoms with Crippen LogP contribution >= 0.6 is 0 Å². The zero-order valence-corrected chi connectivity index (χ0v) is 17.7. The first kappa shape index (κ1) is 23.6. The number of nitrogens with one attached hydrogen (secondary N) is 1. The summed E-state index contributed by atoms with van der Waals surface area (Å²) in [7, 11) is 1.35. The SMILES string of the molecule is CCN(CC)C(=O)C1(NC(=O)C=Cc2cccc(OC)c2OC(F)F)CCCCC1. The summed E-state index contributed by atoms with van der Waals surface area (Å²) in [5, 5.41) is 2.90. The Morgan fingerprint density at radius 1 is 1.20 bits per heavy atom. The van der Waals surface area contributed by atoms with Crippen LogP contribution in [0, 0.1) is 0 Å². The van der Waals surface area contributed by atoms with Crippen molar-refractivity contribution in [2.75, 3.05) is 20.2 Å². The maximum Gasteiger partial charge on any atom is 0.387 e. The van der Waals surface area contributed by atoms with E-state index in [4.69, 9.17) is 4.74 Å². The van der Waals surface area contributed by atoms with Gasteiger partial charge in [-0.15, -0.1) is 0 Å². The fourth-order valence-corrected chi connectivity index (χ4v) is 3.84. The first-order chi connectivity index (χ1) is 14.4. The lowest BCUT2D eigenvalue weighted by molar-refractivity contribution is -0.142. The zero-order chi connectivity index (χ0) is 22.1. The summed E-state index contributed by atoms with van der Waals surface area (Å²) in [4.78, 5) is 27.5. The second-order valence-corrected chi connectivity index (χ2v) is 7.20. The lowest BCUT2D eigenvalue weighted by Crippen LogP contribution is -2.60. The number of rotatable bonds is 9. The third-order valence-corrected chi connectivity index (χ3v) is 5.38. The van der Waals surface area contributed by atoms with Crippen molar-refractivity contribution in [2.45, 2.75) is 58.1 Å². The molecular weight excluding hydrogens is 394 g/mol. The molecule has 2 rings (SSSR count). The molecule has 1 aromatic carbocycles. The molecule has 166 valence electrons. The Bertz CT molecular complexity index is 758. The first-order valence-electron chi connectivity index (χ1n) is 10.3. The summed E-state index contributed by atoms with van der Waals surface area (Å²) in [6, 6.07) is 4.65. The number of para-hydroxylation sites is 1. The van der Waals surface area contributed by atoms with Crippen LogP contribution in [0.3, 0.4) is 0 Å². The third-order valence-electron chi connectivity index (χ3n) is 5.38. The van der Waals surface area contributed by atoms with Gasteiger partial charge in [0.25, 0.3) is 0 Å². The summed E-state index contributed by atoms with van der Waals surface area (Å²) in [6.07, 6.45) is 6.53. The van der Waals surface area contributed by atoms with Crippen LogP contribution in [0.2, 0.25) is 0 Å². The number of nitrogens with zero attached hydrogens (tertiary/aromatic N) is 1. The summed E-state index contributed by atoms with van der Waals surface area (Å²) >= 11 is 0. The van der Waals surface area contributed by atoms with E-state index in [0.717, 1.165) is 19.3 Å². The molecule has 6 nitrogen and oxygen atoms in total. The second-order valence-electron chi connectivity index (χ2n) is 7.20. The highest BCUT2D eigenvalue weighted by molar-refractivity contribution is 5.98. The Kier molecular flexibility index (Phi) is 8.62. The number of hydrogen-bond donors (Lipinski definition) is 1. The lowest BCUT2D eigenvalue weighted by Gasteiger charge is -2.39. The van der Waals surface area contributed by atoms with Crippen LogP contribution in [-0.2, 0) is 9.59 Å². The van der Waals surface area contributed by atoms with Crippen molar-refractivity contribution in [1.82, 2.24) is 10.2 Å². The minimum atomic E-state index is -3.03. The number of methoxy groups -OCH3 is 1. The van der Waals surface area contributed by atoms with E-state index in [1.807, 2.05) is 13.8 Å². The molecule has 0 heterocycles. The van der Waals surface area contributed by atoms with Crippen molar-refractivity contribution in [3.05, 3.63) is 29.8 Å². The van der Waals surface area contributed by atoms with Gasteiger partial charge >= 0.3 is 6.61 Å². The molecule has 1 aromatic rings. The van der Waals surface area contributed by atoms with E-state index in [2.05, 4.69) is 10.1 Å². The molecule has 1 N–H and O–H groups in total. The normalized spacial score (nSPS) is 15.8.